The van der Waals surface area contributed by atoms with Crippen LogP contribution in [0.2, 0.25) is 0 Å². The number of pyridine rings is 1. The topological polar surface area (TPSA) is 42.0 Å². The van der Waals surface area contributed by atoms with Gasteiger partial charge in [0.15, 0.2) is 5.78 Å². The lowest BCUT2D eigenvalue weighted by Crippen LogP contribution is -2.24. The molecule has 0 spiro atoms. The highest BCUT2D eigenvalue weighted by atomic mass is 16.1. The Kier molecular flexibility index (Phi) is 5.16. The maximum absolute atomic E-state index is 12.9. The minimum atomic E-state index is 0.186. The molecule has 1 aliphatic carbocycles. The molecule has 110 valence electrons. The molecule has 1 saturated carbocycles. The summed E-state index contributed by atoms with van der Waals surface area (Å²) in [6, 6.07) is 1.99. The van der Waals surface area contributed by atoms with Crippen LogP contribution in [0.4, 0.5) is 5.82 Å². The van der Waals surface area contributed by atoms with E-state index in [1.165, 1.54) is 12.8 Å². The van der Waals surface area contributed by atoms with Crippen LogP contribution in [0.15, 0.2) is 12.3 Å². The van der Waals surface area contributed by atoms with Gasteiger partial charge >= 0.3 is 0 Å². The van der Waals surface area contributed by atoms with Gasteiger partial charge in [0, 0.05) is 18.7 Å². The van der Waals surface area contributed by atoms with E-state index in [0.717, 1.165) is 42.8 Å². The van der Waals surface area contributed by atoms with Crippen molar-refractivity contribution in [3.63, 3.8) is 0 Å². The fraction of sp³-hybridized carbons (Fsp3) is 0.647. The Morgan fingerprint density at radius 3 is 2.85 bits per heavy atom. The highest BCUT2D eigenvalue weighted by molar-refractivity contribution is 6.03. The molecule has 0 aromatic carbocycles. The van der Waals surface area contributed by atoms with Crippen molar-refractivity contribution in [1.82, 2.24) is 4.98 Å². The van der Waals surface area contributed by atoms with E-state index in [1.807, 2.05) is 13.0 Å². The summed E-state index contributed by atoms with van der Waals surface area (Å²) in [5.74, 6) is 1.93. The van der Waals surface area contributed by atoms with Crippen molar-refractivity contribution in [3.8, 4) is 0 Å². The summed E-state index contributed by atoms with van der Waals surface area (Å²) >= 11 is 0. The number of carbonyl (C=O) groups excluding carboxylic acids is 1. The first kappa shape index (κ1) is 15.0. The molecule has 0 saturated heterocycles. The van der Waals surface area contributed by atoms with Gasteiger partial charge in [-0.25, -0.2) is 4.98 Å². The molecular formula is C17H26N2O. The van der Waals surface area contributed by atoms with Gasteiger partial charge in [0.25, 0.3) is 0 Å². The minimum Gasteiger partial charge on any atom is -0.370 e. The van der Waals surface area contributed by atoms with Gasteiger partial charge in [-0.05, 0) is 43.7 Å². The predicted molar refractivity (Wildman–Crippen MR) is 83.2 cm³/mol. The van der Waals surface area contributed by atoms with Crippen molar-refractivity contribution in [2.24, 2.45) is 11.8 Å². The van der Waals surface area contributed by atoms with Crippen LogP contribution < -0.4 is 5.32 Å². The fourth-order valence-electron chi connectivity index (χ4n) is 3.25. The first-order valence-electron chi connectivity index (χ1n) is 7.93. The van der Waals surface area contributed by atoms with Crippen molar-refractivity contribution in [1.29, 1.82) is 0 Å². The Labute approximate surface area is 122 Å². The summed E-state index contributed by atoms with van der Waals surface area (Å²) in [5, 5.41) is 3.25. The van der Waals surface area contributed by atoms with Crippen molar-refractivity contribution < 1.29 is 4.79 Å². The maximum atomic E-state index is 12.9. The molecule has 1 fully saturated rings. The summed E-state index contributed by atoms with van der Waals surface area (Å²) in [7, 11) is 0. The lowest BCUT2D eigenvalue weighted by atomic mass is 9.78. The van der Waals surface area contributed by atoms with Crippen molar-refractivity contribution in [3.05, 3.63) is 23.4 Å². The van der Waals surface area contributed by atoms with Crippen molar-refractivity contribution in [2.75, 3.05) is 11.9 Å². The molecule has 3 heteroatoms. The average Bonchev–Trinajstić information content (AvgIpc) is 2.46. The normalized spacial score (nSPS) is 22.6. The van der Waals surface area contributed by atoms with Gasteiger partial charge in [0.2, 0.25) is 0 Å². The zero-order valence-corrected chi connectivity index (χ0v) is 12.9. The third kappa shape index (κ3) is 3.20. The molecule has 0 radical (unpaired) electrons. The van der Waals surface area contributed by atoms with Crippen LogP contribution in [0, 0.1) is 11.8 Å². The van der Waals surface area contributed by atoms with Crippen molar-refractivity contribution in [2.45, 2.75) is 52.9 Å². The SMILES string of the molecule is CCNc1nccc(CC)c1C(=O)C1CCCC(C)C1. The molecule has 0 bridgehead atoms. The lowest BCUT2D eigenvalue weighted by Gasteiger charge is -2.26. The summed E-state index contributed by atoms with van der Waals surface area (Å²) in [4.78, 5) is 17.3. The number of nitrogens with one attached hydrogen (secondary N) is 1. The molecule has 0 aliphatic heterocycles. The van der Waals surface area contributed by atoms with Gasteiger partial charge in [0.05, 0.1) is 5.56 Å². The van der Waals surface area contributed by atoms with Gasteiger partial charge < -0.3 is 5.32 Å². The second-order valence-corrected chi connectivity index (χ2v) is 5.91. The Morgan fingerprint density at radius 1 is 1.40 bits per heavy atom. The van der Waals surface area contributed by atoms with E-state index < -0.39 is 0 Å². The maximum Gasteiger partial charge on any atom is 0.169 e. The van der Waals surface area contributed by atoms with E-state index >= 15 is 0 Å². The summed E-state index contributed by atoms with van der Waals surface area (Å²) in [6.45, 7) is 7.19. The summed E-state index contributed by atoms with van der Waals surface area (Å²) in [5.41, 5.74) is 1.97. The molecule has 1 aromatic heterocycles. The first-order chi connectivity index (χ1) is 9.67. The van der Waals surface area contributed by atoms with E-state index in [-0.39, 0.29) is 5.92 Å². The van der Waals surface area contributed by atoms with Crippen LogP contribution >= 0.6 is 0 Å². The van der Waals surface area contributed by atoms with Gasteiger partial charge in [-0.15, -0.1) is 0 Å². The number of rotatable bonds is 5. The molecule has 20 heavy (non-hydrogen) atoms. The van der Waals surface area contributed by atoms with E-state index in [1.54, 1.807) is 6.20 Å². The van der Waals surface area contributed by atoms with Crippen LogP contribution in [-0.2, 0) is 6.42 Å². The molecular weight excluding hydrogens is 248 g/mol. The van der Waals surface area contributed by atoms with Crippen LogP contribution in [0.1, 0.15) is 62.4 Å². The highest BCUT2D eigenvalue weighted by Gasteiger charge is 2.29. The van der Waals surface area contributed by atoms with Gasteiger partial charge in [-0.1, -0.05) is 26.7 Å². The zero-order chi connectivity index (χ0) is 14.5. The lowest BCUT2D eigenvalue weighted by molar-refractivity contribution is 0.0868. The third-order valence-corrected chi connectivity index (χ3v) is 4.32. The fourth-order valence-corrected chi connectivity index (χ4v) is 3.25. The summed E-state index contributed by atoms with van der Waals surface area (Å²) in [6.07, 6.45) is 7.18. The standard InChI is InChI=1S/C17H26N2O/c1-4-13-9-10-19-17(18-5-2)15(13)16(20)14-8-6-7-12(3)11-14/h9-10,12,14H,4-8,11H2,1-3H3,(H,18,19). The van der Waals surface area contributed by atoms with E-state index in [2.05, 4.69) is 24.1 Å². The van der Waals surface area contributed by atoms with Gasteiger partial charge in [0.1, 0.15) is 5.82 Å². The number of ketones is 1. The number of carbonyl (C=O) groups is 1. The second-order valence-electron chi connectivity index (χ2n) is 5.91. The number of Topliss-reactive ketones (excluding diaryl/α,β-unsaturated/α-hetero) is 1. The van der Waals surface area contributed by atoms with E-state index in [4.69, 9.17) is 0 Å². The largest absolute Gasteiger partial charge is 0.370 e. The number of hydrogen-bond acceptors (Lipinski definition) is 3. The third-order valence-electron chi connectivity index (χ3n) is 4.32. The second kappa shape index (κ2) is 6.87. The zero-order valence-electron chi connectivity index (χ0n) is 12.9. The molecule has 1 aromatic rings. The van der Waals surface area contributed by atoms with Crippen molar-refractivity contribution >= 4 is 11.6 Å². The van der Waals surface area contributed by atoms with Crippen LogP contribution in [0.5, 0.6) is 0 Å². The number of hydrogen-bond donors (Lipinski definition) is 1. The number of nitrogens with zero attached hydrogens (tertiary/aromatic N) is 1. The van der Waals surface area contributed by atoms with Crippen LogP contribution in [-0.4, -0.2) is 17.3 Å². The van der Waals surface area contributed by atoms with Crippen LogP contribution in [0.3, 0.4) is 0 Å². The van der Waals surface area contributed by atoms with E-state index in [0.29, 0.717) is 11.7 Å². The molecule has 1 aliphatic rings. The Morgan fingerprint density at radius 2 is 2.20 bits per heavy atom. The molecule has 0 amide bonds. The Balaban J connectivity index is 2.31. The minimum absolute atomic E-state index is 0.186. The number of anilines is 1. The predicted octanol–water partition coefficient (Wildman–Crippen LogP) is 4.08. The highest BCUT2D eigenvalue weighted by Crippen LogP contribution is 2.33. The molecule has 3 nitrogen and oxygen atoms in total. The van der Waals surface area contributed by atoms with Gasteiger partial charge in [-0.2, -0.15) is 0 Å². The molecule has 2 atom stereocenters. The Hall–Kier alpha value is -1.38. The Bertz CT molecular complexity index is 470. The number of aryl methyl sites for hydroxylation is 1. The smallest absolute Gasteiger partial charge is 0.169 e. The van der Waals surface area contributed by atoms with E-state index in [9.17, 15) is 4.79 Å². The number of aromatic nitrogens is 1. The molecule has 2 unspecified atom stereocenters. The molecule has 2 rings (SSSR count). The monoisotopic (exact) mass is 274 g/mol. The molecule has 1 N–H and O–H groups in total. The quantitative estimate of drug-likeness (QED) is 0.822. The van der Waals surface area contributed by atoms with Gasteiger partial charge in [-0.3, -0.25) is 4.79 Å². The summed E-state index contributed by atoms with van der Waals surface area (Å²) < 4.78 is 0. The first-order valence-corrected chi connectivity index (χ1v) is 7.93. The average molecular weight is 274 g/mol. The van der Waals surface area contributed by atoms with Crippen LogP contribution in [0.25, 0.3) is 0 Å². The molecule has 1 heterocycles.